The van der Waals surface area contributed by atoms with Crippen molar-refractivity contribution in [2.24, 2.45) is 0 Å². The predicted molar refractivity (Wildman–Crippen MR) is 436 cm³/mol. The Morgan fingerprint density at radius 2 is 0.673 bits per heavy atom. The Hall–Kier alpha value is -10.7. The Kier molecular flexibility index (Phi) is 15.8. The van der Waals surface area contributed by atoms with E-state index in [-0.39, 0.29) is 28.4 Å². The first-order chi connectivity index (χ1) is 48.5. The molecular weight excluding hydrogens is 1220 g/mol. The summed E-state index contributed by atoms with van der Waals surface area (Å²) in [5.74, 6) is 0.373. The molecule has 0 spiro atoms. The SMILES string of the molecule is CC(C)c1ccc(-c2cccc(-c3ccc(C(C)(C)C)cc3)c2N2c3cc(-n4c5ccccc5c5ccccc54)ccc3B3c4cc(-c5ccccc5)c(C(C)(C)C)cc4N(c4c(-c5ccc(C(C)(C)C)cc5)cccc4-c4ccc(C(C)(C)C)cc4)c4cc(-c5ccccc5)cc2c43)cc1. The van der Waals surface area contributed by atoms with Crippen LogP contribution in [-0.2, 0) is 21.7 Å². The fourth-order valence-electron chi connectivity index (χ4n) is 16.1. The normalized spacial score (nSPS) is 13.1. The molecule has 3 heterocycles. The number of anilines is 6. The highest BCUT2D eigenvalue weighted by Gasteiger charge is 2.47. The van der Waals surface area contributed by atoms with Crippen LogP contribution < -0.4 is 26.2 Å². The van der Waals surface area contributed by atoms with Crippen molar-refractivity contribution in [3.8, 4) is 72.4 Å². The van der Waals surface area contributed by atoms with E-state index in [1.165, 1.54) is 94.0 Å². The van der Waals surface area contributed by atoms with Gasteiger partial charge >= 0.3 is 0 Å². The standard InChI is InChI=1S/C97H90BN3/c1-62(2)63-39-41-66(42-40-63)75-33-25-34-76(67-43-49-71(50-44-67)94(3,4)5)92(75)100-87-59-74(99-85-37-23-21-31-79(85)80-32-22-24-38-86(80)99)55-56-83(87)98-84-60-81(65-29-19-16-20-30-65)82(97(12,13)14)61-88(84)101(90-58-70(57-89(100)91(90)98)64-27-17-15-18-28-64)93-77(68-45-51-72(52-46-68)95(6,7)8)35-26-36-78(93)69-47-53-73(54-48-69)96(9,10)11/h15-62H,1-14H3. The summed E-state index contributed by atoms with van der Waals surface area (Å²) in [5, 5.41) is 2.46. The molecule has 1 aromatic heterocycles. The molecule has 2 aliphatic heterocycles. The highest BCUT2D eigenvalue weighted by Crippen LogP contribution is 2.55. The van der Waals surface area contributed by atoms with Crippen LogP contribution in [0.5, 0.6) is 0 Å². The summed E-state index contributed by atoms with van der Waals surface area (Å²) in [6, 6.07) is 110. The second-order valence-corrected chi connectivity index (χ2v) is 32.7. The monoisotopic (exact) mass is 1310 g/mol. The summed E-state index contributed by atoms with van der Waals surface area (Å²) in [6.07, 6.45) is 0. The summed E-state index contributed by atoms with van der Waals surface area (Å²) >= 11 is 0. The summed E-state index contributed by atoms with van der Waals surface area (Å²) in [6.45, 7) is 32.4. The minimum Gasteiger partial charge on any atom is -0.310 e. The van der Waals surface area contributed by atoms with Crippen LogP contribution >= 0.6 is 0 Å². The van der Waals surface area contributed by atoms with Crippen molar-refractivity contribution in [3.63, 3.8) is 0 Å². The molecule has 0 atom stereocenters. The van der Waals surface area contributed by atoms with Crippen LogP contribution in [0.15, 0.2) is 285 Å². The summed E-state index contributed by atoms with van der Waals surface area (Å²) in [7, 11) is 0. The molecule has 0 radical (unpaired) electrons. The van der Waals surface area contributed by atoms with Crippen molar-refractivity contribution >= 4 is 79.0 Å². The summed E-state index contributed by atoms with van der Waals surface area (Å²) in [4.78, 5) is 5.46. The topological polar surface area (TPSA) is 11.4 Å². The average Bonchev–Trinajstić information content (AvgIpc) is 0.845. The van der Waals surface area contributed by atoms with Crippen molar-refractivity contribution < 1.29 is 0 Å². The van der Waals surface area contributed by atoms with E-state index in [1.54, 1.807) is 0 Å². The maximum atomic E-state index is 2.74. The van der Waals surface area contributed by atoms with Gasteiger partial charge in [0.05, 0.1) is 22.4 Å². The number of fused-ring (bicyclic) bond motifs is 7. The third kappa shape index (κ3) is 11.4. The Morgan fingerprint density at radius 1 is 0.287 bits per heavy atom. The van der Waals surface area contributed by atoms with Crippen LogP contribution in [-0.4, -0.2) is 11.3 Å². The van der Waals surface area contributed by atoms with Gasteiger partial charge in [-0.1, -0.05) is 340 Å². The van der Waals surface area contributed by atoms with Crippen molar-refractivity contribution in [3.05, 3.63) is 313 Å². The Morgan fingerprint density at radius 3 is 1.09 bits per heavy atom. The Labute approximate surface area is 599 Å². The number of rotatable bonds is 10. The Balaban J connectivity index is 1.10. The smallest absolute Gasteiger partial charge is 0.252 e. The van der Waals surface area contributed by atoms with E-state index in [1.807, 2.05) is 0 Å². The van der Waals surface area contributed by atoms with Crippen molar-refractivity contribution in [2.75, 3.05) is 9.80 Å². The minimum absolute atomic E-state index is 0.0339. The maximum absolute atomic E-state index is 2.74. The molecule has 496 valence electrons. The highest BCUT2D eigenvalue weighted by atomic mass is 15.2. The second-order valence-electron chi connectivity index (χ2n) is 32.7. The number of benzene rings is 13. The van der Waals surface area contributed by atoms with Crippen LogP contribution in [0.3, 0.4) is 0 Å². The van der Waals surface area contributed by atoms with Gasteiger partial charge in [-0.2, -0.15) is 0 Å². The van der Waals surface area contributed by atoms with Crippen molar-refractivity contribution in [2.45, 2.75) is 125 Å². The third-order valence-corrected chi connectivity index (χ3v) is 21.6. The second kappa shape index (κ2) is 24.6. The number of para-hydroxylation sites is 4. The maximum Gasteiger partial charge on any atom is 0.252 e. The van der Waals surface area contributed by atoms with Gasteiger partial charge in [0.15, 0.2) is 0 Å². The van der Waals surface area contributed by atoms with Crippen molar-refractivity contribution in [1.29, 1.82) is 0 Å². The molecule has 0 N–H and O–H groups in total. The zero-order valence-corrected chi connectivity index (χ0v) is 61.1. The van der Waals surface area contributed by atoms with Gasteiger partial charge in [0, 0.05) is 61.5 Å². The summed E-state index contributed by atoms with van der Waals surface area (Å²) < 4.78 is 2.51. The molecule has 0 amide bonds. The number of hydrogen-bond donors (Lipinski definition) is 0. The first-order valence-electron chi connectivity index (χ1n) is 36.4. The molecule has 3 nitrogen and oxygen atoms in total. The van der Waals surface area contributed by atoms with Gasteiger partial charge in [0.25, 0.3) is 6.71 Å². The van der Waals surface area contributed by atoms with E-state index in [4.69, 9.17) is 0 Å². The number of nitrogens with zero attached hydrogens (tertiary/aromatic N) is 3. The third-order valence-electron chi connectivity index (χ3n) is 21.6. The van der Waals surface area contributed by atoms with E-state index < -0.39 is 0 Å². The quantitative estimate of drug-likeness (QED) is 0.126. The number of hydrogen-bond acceptors (Lipinski definition) is 2. The van der Waals surface area contributed by atoms with Crippen LogP contribution in [0.2, 0.25) is 0 Å². The molecule has 0 unspecified atom stereocenters. The molecule has 0 saturated heterocycles. The first kappa shape index (κ1) is 65.0. The van der Waals surface area contributed by atoms with Crippen LogP contribution in [0.25, 0.3) is 94.3 Å². The molecule has 0 fully saturated rings. The zero-order valence-electron chi connectivity index (χ0n) is 61.1. The molecule has 13 aromatic carbocycles. The van der Waals surface area contributed by atoms with Crippen molar-refractivity contribution in [1.82, 2.24) is 4.57 Å². The van der Waals surface area contributed by atoms with E-state index in [0.717, 1.165) is 78.6 Å². The van der Waals surface area contributed by atoms with Crippen LogP contribution in [0.1, 0.15) is 131 Å². The van der Waals surface area contributed by atoms with Gasteiger partial charge < -0.3 is 14.4 Å². The van der Waals surface area contributed by atoms with E-state index in [0.29, 0.717) is 5.92 Å². The van der Waals surface area contributed by atoms with Crippen LogP contribution in [0.4, 0.5) is 34.1 Å². The Bertz CT molecular complexity index is 5370. The fourth-order valence-corrected chi connectivity index (χ4v) is 16.1. The fraction of sp³-hybridized carbons (Fsp3) is 0.196. The lowest BCUT2D eigenvalue weighted by atomic mass is 9.33. The molecular formula is C97H90BN3. The lowest BCUT2D eigenvalue weighted by Gasteiger charge is -2.46. The van der Waals surface area contributed by atoms with E-state index in [9.17, 15) is 0 Å². The molecule has 0 saturated carbocycles. The molecule has 0 aliphatic carbocycles. The van der Waals surface area contributed by atoms with Gasteiger partial charge in [0.1, 0.15) is 0 Å². The van der Waals surface area contributed by atoms with E-state index in [2.05, 4.69) is 396 Å². The molecule has 101 heavy (non-hydrogen) atoms. The largest absolute Gasteiger partial charge is 0.310 e. The molecule has 4 heteroatoms. The predicted octanol–water partition coefficient (Wildman–Crippen LogP) is 25.2. The van der Waals surface area contributed by atoms with Gasteiger partial charge in [-0.15, -0.1) is 0 Å². The molecule has 2 aliphatic rings. The average molecular weight is 1310 g/mol. The minimum atomic E-state index is -0.270. The number of aromatic nitrogens is 1. The van der Waals surface area contributed by atoms with E-state index >= 15 is 0 Å². The van der Waals surface area contributed by atoms with Gasteiger partial charge in [-0.3, -0.25) is 0 Å². The van der Waals surface area contributed by atoms with Gasteiger partial charge in [-0.25, -0.2) is 0 Å². The first-order valence-corrected chi connectivity index (χ1v) is 36.4. The molecule has 16 rings (SSSR count). The highest BCUT2D eigenvalue weighted by molar-refractivity contribution is 7.00. The van der Waals surface area contributed by atoms with Crippen LogP contribution in [0, 0.1) is 0 Å². The molecule has 0 bridgehead atoms. The van der Waals surface area contributed by atoms with Gasteiger partial charge in [0.2, 0.25) is 0 Å². The zero-order chi connectivity index (χ0) is 70.0. The van der Waals surface area contributed by atoms with Gasteiger partial charge in [-0.05, 0) is 159 Å². The summed E-state index contributed by atoms with van der Waals surface area (Å²) in [5.41, 5.74) is 34.2. The lowest BCUT2D eigenvalue weighted by molar-refractivity contribution is 0.590. The molecule has 14 aromatic rings. The lowest BCUT2D eigenvalue weighted by Crippen LogP contribution is -2.61.